The lowest BCUT2D eigenvalue weighted by Gasteiger charge is -2.33. The van der Waals surface area contributed by atoms with Gasteiger partial charge < -0.3 is 9.84 Å². The third-order valence-electron chi connectivity index (χ3n) is 2.28. The van der Waals surface area contributed by atoms with Crippen molar-refractivity contribution < 1.29 is 14.6 Å². The van der Waals surface area contributed by atoms with E-state index in [0.29, 0.717) is 12.5 Å². The van der Waals surface area contributed by atoms with Gasteiger partial charge in [-0.25, -0.2) is 0 Å². The van der Waals surface area contributed by atoms with E-state index in [2.05, 4.69) is 13.8 Å². The third-order valence-corrected chi connectivity index (χ3v) is 2.28. The predicted molar refractivity (Wildman–Crippen MR) is 48.7 cm³/mol. The molecule has 13 heavy (non-hydrogen) atoms. The fourth-order valence-corrected chi connectivity index (χ4v) is 1.47. The maximum Gasteiger partial charge on any atom is 0.317 e. The molecular formula is C9H17NO3. The summed E-state index contributed by atoms with van der Waals surface area (Å²) >= 11 is 0. The number of ether oxygens (including phenoxy) is 1. The van der Waals surface area contributed by atoms with Gasteiger partial charge in [-0.05, 0) is 5.92 Å². The van der Waals surface area contributed by atoms with E-state index in [9.17, 15) is 4.79 Å². The van der Waals surface area contributed by atoms with Crippen LogP contribution in [0.2, 0.25) is 0 Å². The summed E-state index contributed by atoms with van der Waals surface area (Å²) in [6, 6.07) is 0. The smallest absolute Gasteiger partial charge is 0.317 e. The van der Waals surface area contributed by atoms with Crippen molar-refractivity contribution in [2.75, 3.05) is 26.2 Å². The Balaban J connectivity index is 2.37. The summed E-state index contributed by atoms with van der Waals surface area (Å²) < 4.78 is 5.52. The monoisotopic (exact) mass is 187 g/mol. The molecule has 1 fully saturated rings. The molecule has 1 atom stereocenters. The zero-order valence-electron chi connectivity index (χ0n) is 8.19. The predicted octanol–water partition coefficient (Wildman–Crippen LogP) is 0.428. The Bertz CT molecular complexity index is 182. The molecule has 1 N–H and O–H groups in total. The molecule has 0 aromatic rings. The number of nitrogens with zero attached hydrogens (tertiary/aromatic N) is 1. The summed E-state index contributed by atoms with van der Waals surface area (Å²) in [5, 5.41) is 8.61. The van der Waals surface area contributed by atoms with Crippen molar-refractivity contribution in [1.29, 1.82) is 0 Å². The Labute approximate surface area is 78.5 Å². The summed E-state index contributed by atoms with van der Waals surface area (Å²) in [4.78, 5) is 12.4. The lowest BCUT2D eigenvalue weighted by Crippen LogP contribution is -2.46. The van der Waals surface area contributed by atoms with E-state index in [0.717, 1.165) is 13.1 Å². The zero-order valence-corrected chi connectivity index (χ0v) is 8.19. The van der Waals surface area contributed by atoms with E-state index in [-0.39, 0.29) is 12.6 Å². The van der Waals surface area contributed by atoms with E-state index < -0.39 is 5.97 Å². The molecule has 0 saturated carbocycles. The minimum absolute atomic E-state index is 0.132. The van der Waals surface area contributed by atoms with Crippen LogP contribution in [0.5, 0.6) is 0 Å². The standard InChI is InChI=1S/C9H17NO3/c1-7(2)8-5-10(3-4-13-8)6-9(11)12/h7-8H,3-6H2,1-2H3,(H,11,12). The van der Waals surface area contributed by atoms with Crippen molar-refractivity contribution in [2.24, 2.45) is 5.92 Å². The van der Waals surface area contributed by atoms with Gasteiger partial charge in [0, 0.05) is 13.1 Å². The topological polar surface area (TPSA) is 49.8 Å². The number of morpholine rings is 1. The van der Waals surface area contributed by atoms with Gasteiger partial charge >= 0.3 is 5.97 Å². The SMILES string of the molecule is CC(C)C1CN(CC(=O)O)CCO1. The van der Waals surface area contributed by atoms with Crippen LogP contribution in [0, 0.1) is 5.92 Å². The molecule has 0 radical (unpaired) electrons. The lowest BCUT2D eigenvalue weighted by molar-refractivity contribution is -0.140. The minimum Gasteiger partial charge on any atom is -0.480 e. The average Bonchev–Trinajstić information content (AvgIpc) is 2.03. The average molecular weight is 187 g/mol. The van der Waals surface area contributed by atoms with Gasteiger partial charge in [0.25, 0.3) is 0 Å². The molecule has 1 rings (SSSR count). The van der Waals surface area contributed by atoms with E-state index in [1.54, 1.807) is 0 Å². The Morgan fingerprint density at radius 3 is 2.92 bits per heavy atom. The van der Waals surface area contributed by atoms with Crippen molar-refractivity contribution in [3.05, 3.63) is 0 Å². The minimum atomic E-state index is -0.760. The quantitative estimate of drug-likeness (QED) is 0.696. The first-order valence-electron chi connectivity index (χ1n) is 4.65. The van der Waals surface area contributed by atoms with Crippen molar-refractivity contribution >= 4 is 5.97 Å². The molecule has 0 aliphatic carbocycles. The van der Waals surface area contributed by atoms with Gasteiger partial charge in [-0.1, -0.05) is 13.8 Å². The molecule has 0 aromatic carbocycles. The number of rotatable bonds is 3. The first-order chi connectivity index (χ1) is 6.09. The van der Waals surface area contributed by atoms with Crippen molar-refractivity contribution in [3.8, 4) is 0 Å². The van der Waals surface area contributed by atoms with Crippen LogP contribution in [0.1, 0.15) is 13.8 Å². The van der Waals surface area contributed by atoms with Gasteiger partial charge in [-0.15, -0.1) is 0 Å². The summed E-state index contributed by atoms with van der Waals surface area (Å²) in [5.41, 5.74) is 0. The highest BCUT2D eigenvalue weighted by Gasteiger charge is 2.23. The van der Waals surface area contributed by atoms with Crippen molar-refractivity contribution in [3.63, 3.8) is 0 Å². The van der Waals surface area contributed by atoms with Crippen LogP contribution in [0.25, 0.3) is 0 Å². The summed E-state index contributed by atoms with van der Waals surface area (Å²) in [5.74, 6) is -0.305. The Kier molecular flexibility index (Phi) is 3.69. The van der Waals surface area contributed by atoms with Gasteiger partial charge in [-0.2, -0.15) is 0 Å². The fourth-order valence-electron chi connectivity index (χ4n) is 1.47. The van der Waals surface area contributed by atoms with Crippen LogP contribution in [-0.4, -0.2) is 48.3 Å². The Morgan fingerprint density at radius 1 is 1.69 bits per heavy atom. The van der Waals surface area contributed by atoms with E-state index in [1.807, 2.05) is 4.90 Å². The fraction of sp³-hybridized carbons (Fsp3) is 0.889. The van der Waals surface area contributed by atoms with E-state index >= 15 is 0 Å². The van der Waals surface area contributed by atoms with Crippen molar-refractivity contribution in [1.82, 2.24) is 4.90 Å². The number of carbonyl (C=O) groups is 1. The second-order valence-electron chi connectivity index (χ2n) is 3.78. The molecule has 0 aromatic heterocycles. The van der Waals surface area contributed by atoms with Crippen LogP contribution in [-0.2, 0) is 9.53 Å². The molecule has 0 amide bonds. The van der Waals surface area contributed by atoms with E-state index in [4.69, 9.17) is 9.84 Å². The second-order valence-corrected chi connectivity index (χ2v) is 3.78. The largest absolute Gasteiger partial charge is 0.480 e. The molecule has 4 nitrogen and oxygen atoms in total. The van der Waals surface area contributed by atoms with Gasteiger partial charge in [-0.3, -0.25) is 9.69 Å². The zero-order chi connectivity index (χ0) is 9.84. The third kappa shape index (κ3) is 3.32. The number of hydrogen-bond acceptors (Lipinski definition) is 3. The molecule has 1 saturated heterocycles. The highest BCUT2D eigenvalue weighted by molar-refractivity contribution is 5.69. The summed E-state index contributed by atoms with van der Waals surface area (Å²) in [7, 11) is 0. The molecule has 4 heteroatoms. The molecule has 0 bridgehead atoms. The number of aliphatic carboxylic acids is 1. The Hall–Kier alpha value is -0.610. The van der Waals surface area contributed by atoms with Crippen LogP contribution in [0.15, 0.2) is 0 Å². The van der Waals surface area contributed by atoms with Crippen LogP contribution >= 0.6 is 0 Å². The first kappa shape index (κ1) is 10.5. The summed E-state index contributed by atoms with van der Waals surface area (Å²) in [6.45, 7) is 6.44. The highest BCUT2D eigenvalue weighted by atomic mass is 16.5. The van der Waals surface area contributed by atoms with Gasteiger partial charge in [0.15, 0.2) is 0 Å². The molecule has 1 unspecified atom stereocenters. The normalized spacial score (nSPS) is 25.0. The lowest BCUT2D eigenvalue weighted by atomic mass is 10.1. The van der Waals surface area contributed by atoms with Crippen LogP contribution < -0.4 is 0 Å². The maximum absolute atomic E-state index is 10.5. The van der Waals surface area contributed by atoms with E-state index in [1.165, 1.54) is 0 Å². The maximum atomic E-state index is 10.5. The Morgan fingerprint density at radius 2 is 2.38 bits per heavy atom. The van der Waals surface area contributed by atoms with Crippen LogP contribution in [0.4, 0.5) is 0 Å². The van der Waals surface area contributed by atoms with Gasteiger partial charge in [0.1, 0.15) is 0 Å². The summed E-state index contributed by atoms with van der Waals surface area (Å²) in [6.07, 6.45) is 0.188. The highest BCUT2D eigenvalue weighted by Crippen LogP contribution is 2.12. The number of hydrogen-bond donors (Lipinski definition) is 1. The molecular weight excluding hydrogens is 170 g/mol. The molecule has 76 valence electrons. The molecule has 0 spiro atoms. The molecule has 1 heterocycles. The van der Waals surface area contributed by atoms with Crippen LogP contribution in [0.3, 0.4) is 0 Å². The molecule has 1 aliphatic rings. The number of carboxylic acids is 1. The first-order valence-corrected chi connectivity index (χ1v) is 4.65. The number of carboxylic acid groups (broad SMARTS) is 1. The van der Waals surface area contributed by atoms with Gasteiger partial charge in [0.2, 0.25) is 0 Å². The second kappa shape index (κ2) is 4.58. The van der Waals surface area contributed by atoms with Gasteiger partial charge in [0.05, 0.1) is 19.3 Å². The molecule has 1 aliphatic heterocycles. The van der Waals surface area contributed by atoms with Crippen molar-refractivity contribution in [2.45, 2.75) is 20.0 Å².